The molecule has 0 saturated carbocycles. The lowest BCUT2D eigenvalue weighted by Crippen LogP contribution is -2.35. The van der Waals surface area contributed by atoms with E-state index in [2.05, 4.69) is 35.6 Å². The summed E-state index contributed by atoms with van der Waals surface area (Å²) < 4.78 is 12.2. The molecule has 2 amide bonds. The Morgan fingerprint density at radius 3 is 2.69 bits per heavy atom. The number of fused-ring (bicyclic) bond motifs is 3. The van der Waals surface area contributed by atoms with E-state index < -0.39 is 0 Å². The van der Waals surface area contributed by atoms with E-state index in [1.54, 1.807) is 7.11 Å². The van der Waals surface area contributed by atoms with Gasteiger partial charge in [0.1, 0.15) is 0 Å². The molecule has 2 fully saturated rings. The fourth-order valence-electron chi connectivity index (χ4n) is 5.86. The van der Waals surface area contributed by atoms with Crippen molar-refractivity contribution in [1.82, 2.24) is 4.90 Å². The van der Waals surface area contributed by atoms with Crippen molar-refractivity contribution in [3.8, 4) is 11.5 Å². The number of hydrogen-bond donors (Lipinski definition) is 2. The number of nitrogens with zero attached hydrogens (tertiary/aromatic N) is 1. The number of aromatic hydroxyl groups is 1. The molecule has 1 aromatic carbocycles. The van der Waals surface area contributed by atoms with Gasteiger partial charge in [-0.25, -0.2) is 0 Å². The number of aliphatic hydroxyl groups is 1. The largest absolute Gasteiger partial charge is 0.504 e. The zero-order chi connectivity index (χ0) is 25.3. The van der Waals surface area contributed by atoms with Gasteiger partial charge < -0.3 is 19.7 Å². The summed E-state index contributed by atoms with van der Waals surface area (Å²) >= 11 is 2.09. The third kappa shape index (κ3) is 4.89. The van der Waals surface area contributed by atoms with Crippen LogP contribution in [-0.4, -0.2) is 59.9 Å². The summed E-state index contributed by atoms with van der Waals surface area (Å²) in [5, 5.41) is 20.3. The summed E-state index contributed by atoms with van der Waals surface area (Å²) in [6, 6.07) is 3.75. The molecule has 0 unspecified atom stereocenters. The van der Waals surface area contributed by atoms with Crippen LogP contribution in [-0.2, 0) is 14.3 Å². The van der Waals surface area contributed by atoms with Crippen LogP contribution in [0.2, 0.25) is 0 Å². The predicted molar refractivity (Wildman–Crippen MR) is 141 cm³/mol. The Morgan fingerprint density at radius 2 is 2.03 bits per heavy atom. The number of ether oxygens (including phenoxy) is 2. The standard InChI is InChI=1S/C27H34INO6/c1-4-8-29-26(32)18-12-17(13-30)23-19(24(18)27(29)33)14-35-21(23)7-6-15(5-2)9-16-10-20(28)25(31)22(11-16)34-3/h9-11,18-19,21,24,30-31H,4-8,12-14H2,1-3H3/b15-9+/t18-,19+,21-,24-/m1/s1. The summed E-state index contributed by atoms with van der Waals surface area (Å²) in [5.41, 5.74) is 4.12. The highest BCUT2D eigenvalue weighted by Gasteiger charge is 2.56. The third-order valence-corrected chi connectivity index (χ3v) is 8.38. The monoisotopic (exact) mass is 595 g/mol. The number of carbonyl (C=O) groups is 2. The molecule has 0 aromatic heterocycles. The minimum absolute atomic E-state index is 0.0735. The normalized spacial score (nSPS) is 26.4. The summed E-state index contributed by atoms with van der Waals surface area (Å²) in [7, 11) is 1.54. The molecule has 2 N–H and O–H groups in total. The SMILES string of the molecule is CCCN1C(=O)[C@@H]2[C@@H](CC(CO)=C3[C@@H](CC/C(=C/c4cc(I)c(O)c(OC)c4)CC)OC[C@@H]32)C1=O. The molecule has 0 bridgehead atoms. The van der Waals surface area contributed by atoms with Crippen molar-refractivity contribution in [3.05, 3.63) is 38.0 Å². The number of phenols is 1. The van der Waals surface area contributed by atoms with E-state index in [1.165, 1.54) is 10.5 Å². The van der Waals surface area contributed by atoms with Gasteiger partial charge >= 0.3 is 0 Å². The number of hydrogen-bond acceptors (Lipinski definition) is 6. The number of allylic oxidation sites excluding steroid dienone is 1. The Kier molecular flexibility index (Phi) is 8.23. The van der Waals surface area contributed by atoms with Crippen molar-refractivity contribution in [3.63, 3.8) is 0 Å². The molecule has 0 radical (unpaired) electrons. The molecule has 1 aromatic rings. The van der Waals surface area contributed by atoms with Gasteiger partial charge in [0.25, 0.3) is 0 Å². The van der Waals surface area contributed by atoms with Gasteiger partial charge in [-0.2, -0.15) is 0 Å². The van der Waals surface area contributed by atoms with Gasteiger partial charge in [0, 0.05) is 12.5 Å². The van der Waals surface area contributed by atoms with E-state index in [0.717, 1.165) is 46.0 Å². The van der Waals surface area contributed by atoms with Gasteiger partial charge in [0.2, 0.25) is 11.8 Å². The third-order valence-electron chi connectivity index (χ3n) is 7.56. The second kappa shape index (κ2) is 11.0. The molecule has 35 heavy (non-hydrogen) atoms. The topological polar surface area (TPSA) is 96.3 Å². The van der Waals surface area contributed by atoms with Crippen LogP contribution >= 0.6 is 22.6 Å². The van der Waals surface area contributed by atoms with Gasteiger partial charge in [-0.15, -0.1) is 0 Å². The van der Waals surface area contributed by atoms with Crippen molar-refractivity contribution >= 4 is 40.5 Å². The van der Waals surface area contributed by atoms with E-state index in [1.807, 2.05) is 19.1 Å². The molecule has 4 rings (SSSR count). The maximum atomic E-state index is 13.1. The van der Waals surface area contributed by atoms with Crippen LogP contribution in [0.5, 0.6) is 11.5 Å². The molecule has 0 spiro atoms. The highest BCUT2D eigenvalue weighted by atomic mass is 127. The van der Waals surface area contributed by atoms with E-state index in [0.29, 0.717) is 25.3 Å². The molecule has 1 aliphatic carbocycles. The number of halogens is 1. The van der Waals surface area contributed by atoms with Gasteiger partial charge in [-0.1, -0.05) is 25.5 Å². The Morgan fingerprint density at radius 1 is 1.26 bits per heavy atom. The molecule has 7 nitrogen and oxygen atoms in total. The average Bonchev–Trinajstić information content (AvgIpc) is 3.38. The number of methoxy groups -OCH3 is 1. The molecular formula is C27H34INO6. The zero-order valence-corrected chi connectivity index (χ0v) is 22.7. The molecule has 2 saturated heterocycles. The van der Waals surface area contributed by atoms with Crippen LogP contribution in [0.1, 0.15) is 51.5 Å². The van der Waals surface area contributed by atoms with Crippen LogP contribution in [0, 0.1) is 21.3 Å². The first-order chi connectivity index (χ1) is 16.8. The zero-order valence-electron chi connectivity index (χ0n) is 20.6. The molecular weight excluding hydrogens is 561 g/mol. The Balaban J connectivity index is 1.53. The number of aliphatic hydroxyl groups excluding tert-OH is 1. The summed E-state index contributed by atoms with van der Waals surface area (Å²) in [6.07, 6.45) is 5.57. The average molecular weight is 595 g/mol. The van der Waals surface area contributed by atoms with Crippen molar-refractivity contribution in [1.29, 1.82) is 0 Å². The second-order valence-corrected chi connectivity index (χ2v) is 10.7. The van der Waals surface area contributed by atoms with Gasteiger partial charge in [-0.05, 0) is 83.5 Å². The quantitative estimate of drug-likeness (QED) is 0.251. The minimum Gasteiger partial charge on any atom is -0.504 e. The minimum atomic E-state index is -0.370. The van der Waals surface area contributed by atoms with Crippen LogP contribution in [0.25, 0.3) is 6.08 Å². The number of phenolic OH excluding ortho intramolecular Hbond substituents is 1. The Hall–Kier alpha value is -1.91. The van der Waals surface area contributed by atoms with E-state index in [9.17, 15) is 19.8 Å². The van der Waals surface area contributed by atoms with Gasteiger partial charge in [-0.3, -0.25) is 14.5 Å². The fourth-order valence-corrected chi connectivity index (χ4v) is 6.49. The first-order valence-electron chi connectivity index (χ1n) is 12.4. The summed E-state index contributed by atoms with van der Waals surface area (Å²) in [4.78, 5) is 27.5. The number of benzene rings is 1. The smallest absolute Gasteiger partial charge is 0.233 e. The Bertz CT molecular complexity index is 1060. The highest BCUT2D eigenvalue weighted by Crippen LogP contribution is 2.49. The van der Waals surface area contributed by atoms with Crippen LogP contribution < -0.4 is 4.74 Å². The van der Waals surface area contributed by atoms with Crippen LogP contribution in [0.4, 0.5) is 0 Å². The van der Waals surface area contributed by atoms with Crippen molar-refractivity contribution in [2.45, 2.75) is 52.1 Å². The Labute approximate surface area is 220 Å². The van der Waals surface area contributed by atoms with Crippen molar-refractivity contribution in [2.24, 2.45) is 17.8 Å². The first kappa shape index (κ1) is 26.2. The maximum absolute atomic E-state index is 13.1. The van der Waals surface area contributed by atoms with Crippen LogP contribution in [0.15, 0.2) is 28.9 Å². The number of rotatable bonds is 9. The number of likely N-dealkylation sites (tertiary alicyclic amines) is 1. The predicted octanol–water partition coefficient (Wildman–Crippen LogP) is 4.30. The van der Waals surface area contributed by atoms with Crippen molar-refractivity contribution in [2.75, 3.05) is 26.9 Å². The lowest BCUT2D eigenvalue weighted by Gasteiger charge is -2.31. The molecule has 4 atom stereocenters. The summed E-state index contributed by atoms with van der Waals surface area (Å²) in [6.45, 7) is 4.85. The molecule has 3 aliphatic rings. The second-order valence-electron chi connectivity index (χ2n) is 9.56. The maximum Gasteiger partial charge on any atom is 0.233 e. The summed E-state index contributed by atoms with van der Waals surface area (Å²) in [5.74, 6) is -0.437. The molecule has 8 heteroatoms. The lowest BCUT2D eigenvalue weighted by molar-refractivity contribution is -0.140. The molecule has 2 heterocycles. The fraction of sp³-hybridized carbons (Fsp3) is 0.556. The molecule has 2 aliphatic heterocycles. The first-order valence-corrected chi connectivity index (χ1v) is 13.5. The number of carbonyl (C=O) groups excluding carboxylic acids is 2. The van der Waals surface area contributed by atoms with Gasteiger partial charge in [0.15, 0.2) is 11.5 Å². The van der Waals surface area contributed by atoms with E-state index in [4.69, 9.17) is 9.47 Å². The number of imide groups is 1. The highest BCUT2D eigenvalue weighted by molar-refractivity contribution is 14.1. The van der Waals surface area contributed by atoms with E-state index in [-0.39, 0.29) is 48.0 Å². The van der Waals surface area contributed by atoms with Crippen molar-refractivity contribution < 1.29 is 29.3 Å². The van der Waals surface area contributed by atoms with E-state index >= 15 is 0 Å². The van der Waals surface area contributed by atoms with Gasteiger partial charge in [0.05, 0.1) is 41.8 Å². The lowest BCUT2D eigenvalue weighted by atomic mass is 9.69. The van der Waals surface area contributed by atoms with Crippen LogP contribution in [0.3, 0.4) is 0 Å². The molecule has 190 valence electrons. The number of amides is 2.